The Bertz CT molecular complexity index is 776. The number of allylic oxidation sites excluding steroid dienone is 1. The quantitative estimate of drug-likeness (QED) is 0.763. The molecule has 0 N–H and O–H groups in total. The molecule has 0 saturated carbocycles. The minimum absolute atomic E-state index is 0.108. The smallest absolute Gasteiger partial charge is 0.256 e. The van der Waals surface area contributed by atoms with Crippen molar-refractivity contribution in [1.82, 2.24) is 4.57 Å². The summed E-state index contributed by atoms with van der Waals surface area (Å²) in [5.41, 5.74) is 1.35. The molecular formula is C17H16Cl2N2O. The van der Waals surface area contributed by atoms with Gasteiger partial charge < -0.3 is 0 Å². The predicted molar refractivity (Wildman–Crippen MR) is 91.3 cm³/mol. The molecule has 1 heterocycles. The van der Waals surface area contributed by atoms with E-state index in [2.05, 4.69) is 4.99 Å². The summed E-state index contributed by atoms with van der Waals surface area (Å²) in [5.74, 6) is -0.189. The highest BCUT2D eigenvalue weighted by atomic mass is 35.5. The summed E-state index contributed by atoms with van der Waals surface area (Å²) in [4.78, 5) is 16.8. The summed E-state index contributed by atoms with van der Waals surface area (Å²) in [6.45, 7) is 3.93. The highest BCUT2D eigenvalue weighted by Gasteiger charge is 2.03. The van der Waals surface area contributed by atoms with Crippen molar-refractivity contribution < 1.29 is 4.79 Å². The summed E-state index contributed by atoms with van der Waals surface area (Å²) in [6.07, 6.45) is 4.83. The molecule has 0 aliphatic rings. The van der Waals surface area contributed by atoms with Crippen LogP contribution in [0, 0.1) is 0 Å². The number of rotatable bonds is 3. The molecule has 22 heavy (non-hydrogen) atoms. The van der Waals surface area contributed by atoms with E-state index >= 15 is 0 Å². The Morgan fingerprint density at radius 3 is 2.68 bits per heavy atom. The van der Waals surface area contributed by atoms with E-state index in [1.165, 1.54) is 10.6 Å². The van der Waals surface area contributed by atoms with E-state index in [0.717, 1.165) is 5.56 Å². The van der Waals surface area contributed by atoms with Gasteiger partial charge in [0.15, 0.2) is 0 Å². The molecule has 2 rings (SSSR count). The molecule has 0 radical (unpaired) electrons. The van der Waals surface area contributed by atoms with Gasteiger partial charge in [-0.3, -0.25) is 14.4 Å². The van der Waals surface area contributed by atoms with Crippen LogP contribution in [0.25, 0.3) is 6.08 Å². The van der Waals surface area contributed by atoms with Gasteiger partial charge in [-0.2, -0.15) is 0 Å². The fourth-order valence-electron chi connectivity index (χ4n) is 1.87. The number of nitrogens with zero attached hydrogens (tertiary/aromatic N) is 2. The van der Waals surface area contributed by atoms with Gasteiger partial charge in [-0.05, 0) is 49.8 Å². The predicted octanol–water partition coefficient (Wildman–Crippen LogP) is 4.46. The van der Waals surface area contributed by atoms with Gasteiger partial charge in [-0.15, -0.1) is 0 Å². The van der Waals surface area contributed by atoms with Crippen molar-refractivity contribution in [2.75, 3.05) is 0 Å². The summed E-state index contributed by atoms with van der Waals surface area (Å²) in [6, 6.07) is 10.7. The molecule has 0 atom stereocenters. The largest absolute Gasteiger partial charge is 0.269 e. The number of carbonyl (C=O) groups is 1. The van der Waals surface area contributed by atoms with E-state index in [-0.39, 0.29) is 11.9 Å². The van der Waals surface area contributed by atoms with Gasteiger partial charge in [-0.1, -0.05) is 35.3 Å². The molecular weight excluding hydrogens is 319 g/mol. The van der Waals surface area contributed by atoms with E-state index < -0.39 is 0 Å². The lowest BCUT2D eigenvalue weighted by Crippen LogP contribution is -2.26. The van der Waals surface area contributed by atoms with Gasteiger partial charge in [-0.25, -0.2) is 0 Å². The number of benzene rings is 1. The lowest BCUT2D eigenvalue weighted by Gasteiger charge is -2.04. The standard InChI is InChI=1S/C17H16Cl2N2O/c1-12(2)20-16-5-3-4-10-21(16)17(22)9-7-13-6-8-14(18)11-15(13)19/h3-12H,1-2H3/b9-7+,20-16?. The van der Waals surface area contributed by atoms with Gasteiger partial charge in [0.1, 0.15) is 5.49 Å². The Hall–Kier alpha value is -1.84. The van der Waals surface area contributed by atoms with Crippen LogP contribution in [-0.2, 0) is 0 Å². The van der Waals surface area contributed by atoms with Crippen LogP contribution in [0.5, 0.6) is 0 Å². The summed E-state index contributed by atoms with van der Waals surface area (Å²) >= 11 is 11.9. The summed E-state index contributed by atoms with van der Waals surface area (Å²) in [7, 11) is 0. The minimum Gasteiger partial charge on any atom is -0.269 e. The van der Waals surface area contributed by atoms with Gasteiger partial charge in [0.2, 0.25) is 0 Å². The van der Waals surface area contributed by atoms with E-state index in [0.29, 0.717) is 15.5 Å². The molecule has 0 aliphatic heterocycles. The van der Waals surface area contributed by atoms with Crippen LogP contribution in [0.15, 0.2) is 53.7 Å². The number of carbonyl (C=O) groups excluding carboxylic acids is 1. The second-order valence-electron chi connectivity index (χ2n) is 4.99. The Balaban J connectivity index is 2.32. The van der Waals surface area contributed by atoms with Crippen molar-refractivity contribution in [3.8, 4) is 0 Å². The van der Waals surface area contributed by atoms with Crippen molar-refractivity contribution in [2.24, 2.45) is 4.99 Å². The van der Waals surface area contributed by atoms with Crippen molar-refractivity contribution in [3.63, 3.8) is 0 Å². The van der Waals surface area contributed by atoms with Crippen molar-refractivity contribution >= 4 is 35.2 Å². The Morgan fingerprint density at radius 2 is 2.00 bits per heavy atom. The van der Waals surface area contributed by atoms with Crippen molar-refractivity contribution in [3.05, 3.63) is 69.8 Å². The maximum Gasteiger partial charge on any atom is 0.256 e. The number of hydrogen-bond donors (Lipinski definition) is 0. The third-order valence-corrected chi connectivity index (χ3v) is 3.40. The molecule has 3 nitrogen and oxygen atoms in total. The molecule has 0 unspecified atom stereocenters. The first-order valence-corrected chi connectivity index (χ1v) is 7.62. The van der Waals surface area contributed by atoms with Crippen LogP contribution >= 0.6 is 23.2 Å². The molecule has 0 fully saturated rings. The van der Waals surface area contributed by atoms with Crippen LogP contribution in [0.3, 0.4) is 0 Å². The molecule has 114 valence electrons. The van der Waals surface area contributed by atoms with Crippen LogP contribution in [0.4, 0.5) is 0 Å². The van der Waals surface area contributed by atoms with Crippen LogP contribution in [0.2, 0.25) is 10.0 Å². The normalized spacial score (nSPS) is 12.3. The first-order chi connectivity index (χ1) is 10.5. The SMILES string of the molecule is CC(C)N=c1ccccn1C(=O)/C=C/c1ccc(Cl)cc1Cl. The van der Waals surface area contributed by atoms with Crippen molar-refractivity contribution in [2.45, 2.75) is 19.9 Å². The third-order valence-electron chi connectivity index (χ3n) is 2.83. The Morgan fingerprint density at radius 1 is 1.23 bits per heavy atom. The molecule has 2 aromatic rings. The number of pyridine rings is 1. The zero-order valence-corrected chi connectivity index (χ0v) is 13.8. The molecule has 0 aliphatic carbocycles. The molecule has 1 aromatic heterocycles. The topological polar surface area (TPSA) is 34.4 Å². The zero-order chi connectivity index (χ0) is 16.1. The monoisotopic (exact) mass is 334 g/mol. The zero-order valence-electron chi connectivity index (χ0n) is 12.3. The summed E-state index contributed by atoms with van der Waals surface area (Å²) in [5, 5.41) is 1.06. The third kappa shape index (κ3) is 4.33. The molecule has 5 heteroatoms. The molecule has 0 bridgehead atoms. The van der Waals surface area contributed by atoms with E-state index in [1.807, 2.05) is 19.9 Å². The first kappa shape index (κ1) is 16.5. The van der Waals surface area contributed by atoms with Gasteiger partial charge >= 0.3 is 0 Å². The lowest BCUT2D eigenvalue weighted by atomic mass is 10.2. The molecule has 0 saturated heterocycles. The lowest BCUT2D eigenvalue weighted by molar-refractivity contribution is 0.0964. The number of hydrogen-bond acceptors (Lipinski definition) is 2. The molecule has 0 spiro atoms. The first-order valence-electron chi connectivity index (χ1n) is 6.86. The van der Waals surface area contributed by atoms with E-state index in [4.69, 9.17) is 23.2 Å². The average Bonchev–Trinajstić information content (AvgIpc) is 2.46. The highest BCUT2D eigenvalue weighted by Crippen LogP contribution is 2.21. The average molecular weight is 335 g/mol. The maximum absolute atomic E-state index is 12.3. The highest BCUT2D eigenvalue weighted by molar-refractivity contribution is 6.35. The minimum atomic E-state index is -0.189. The fraction of sp³-hybridized carbons (Fsp3) is 0.176. The molecule has 1 aromatic carbocycles. The van der Waals surface area contributed by atoms with Crippen LogP contribution < -0.4 is 5.49 Å². The number of aromatic nitrogens is 1. The fourth-order valence-corrected chi connectivity index (χ4v) is 2.34. The van der Waals surface area contributed by atoms with Crippen LogP contribution in [0.1, 0.15) is 24.2 Å². The van der Waals surface area contributed by atoms with E-state index in [9.17, 15) is 4.79 Å². The summed E-state index contributed by atoms with van der Waals surface area (Å²) < 4.78 is 1.50. The maximum atomic E-state index is 12.3. The van der Waals surface area contributed by atoms with Gasteiger partial charge in [0.05, 0.1) is 0 Å². The van der Waals surface area contributed by atoms with Gasteiger partial charge in [0, 0.05) is 28.4 Å². The molecule has 0 amide bonds. The van der Waals surface area contributed by atoms with Crippen molar-refractivity contribution in [1.29, 1.82) is 0 Å². The second-order valence-corrected chi connectivity index (χ2v) is 5.83. The Labute approximate surface area is 139 Å². The number of halogens is 2. The van der Waals surface area contributed by atoms with Gasteiger partial charge in [0.25, 0.3) is 5.91 Å². The second kappa shape index (κ2) is 7.43. The Kier molecular flexibility index (Phi) is 5.58. The van der Waals surface area contributed by atoms with Crippen LogP contribution in [-0.4, -0.2) is 16.5 Å². The van der Waals surface area contributed by atoms with E-state index in [1.54, 1.807) is 42.6 Å².